The first-order valence-corrected chi connectivity index (χ1v) is 29.1. The molecule has 0 bridgehead atoms. The molecule has 0 N–H and O–H groups in total. The summed E-state index contributed by atoms with van der Waals surface area (Å²) in [6, 6.07) is 78.4. The van der Waals surface area contributed by atoms with Crippen LogP contribution in [0.25, 0.3) is 66.1 Å². The van der Waals surface area contributed by atoms with E-state index >= 15 is 0 Å². The molecule has 0 nitrogen and oxygen atoms in total. The van der Waals surface area contributed by atoms with Crippen molar-refractivity contribution in [2.24, 2.45) is 0 Å². The van der Waals surface area contributed by atoms with E-state index in [-0.39, 0.29) is 5.41 Å². The summed E-state index contributed by atoms with van der Waals surface area (Å²) < 4.78 is 0. The highest BCUT2D eigenvalue weighted by atomic mass is 14.4. The molecule has 0 saturated carbocycles. The first kappa shape index (κ1) is 63.7. The first-order chi connectivity index (χ1) is 38.4. The van der Waals surface area contributed by atoms with Crippen molar-refractivity contribution in [1.29, 1.82) is 0 Å². The minimum Gasteiger partial charge on any atom is -0.0991 e. The Hall–Kier alpha value is -7.80. The molecule has 0 spiro atoms. The molecular formula is C79H92. The Balaban J connectivity index is 0.000000221. The molecule has 0 heterocycles. The number of hydrogen-bond donors (Lipinski definition) is 0. The molecule has 0 heteroatoms. The predicted octanol–water partition coefficient (Wildman–Crippen LogP) is 24.1. The third kappa shape index (κ3) is 16.6. The van der Waals surface area contributed by atoms with E-state index in [1.165, 1.54) is 111 Å². The Kier molecular flexibility index (Phi) is 26.5. The van der Waals surface area contributed by atoms with Crippen molar-refractivity contribution in [3.63, 3.8) is 0 Å². The highest BCUT2D eigenvalue weighted by molar-refractivity contribution is 6.16. The zero-order valence-electron chi connectivity index (χ0n) is 50.8. The third-order valence-electron chi connectivity index (χ3n) is 14.4. The quantitative estimate of drug-likeness (QED) is 0.110. The van der Waals surface area contributed by atoms with Crippen molar-refractivity contribution in [1.82, 2.24) is 0 Å². The van der Waals surface area contributed by atoms with E-state index in [9.17, 15) is 0 Å². The Labute approximate surface area is 479 Å². The van der Waals surface area contributed by atoms with Crippen molar-refractivity contribution >= 4 is 21.5 Å². The van der Waals surface area contributed by atoms with Crippen LogP contribution in [0.15, 0.2) is 244 Å². The van der Waals surface area contributed by atoms with Crippen molar-refractivity contribution in [3.8, 4) is 44.5 Å². The molecule has 11 rings (SSSR count). The molecule has 1 aliphatic rings. The second-order valence-corrected chi connectivity index (χ2v) is 19.8. The maximum absolute atomic E-state index is 3.36. The SMILES string of the molecule is C=CC=C.CC.CC.CC.CCC(C)c1ccccc1-c1c(C)c2ccccc2c2ccccc12.CCc1ccc2c(c1)C(C)(C)c1cc(C)ccc1-2.Cc1ccc(-c2ccccc2)cc1.Cc1ccc(-c2ccccc2)cc1. The van der Waals surface area contributed by atoms with Gasteiger partial charge in [-0.1, -0.05) is 337 Å². The highest BCUT2D eigenvalue weighted by Gasteiger charge is 2.35. The molecule has 10 aromatic carbocycles. The van der Waals surface area contributed by atoms with Gasteiger partial charge in [0.1, 0.15) is 0 Å². The van der Waals surface area contributed by atoms with E-state index in [0.29, 0.717) is 5.92 Å². The standard InChI is InChI=1S/C25H24.C18H20.2C13H12.C4H6.3C2H6/c1-4-17(2)19-11-5-9-15-23(19)25-18(3)20-12-6-7-13-21(20)22-14-8-10-16-24(22)25;1-5-13-7-9-15-14-8-6-12(2)10-16(14)18(3,4)17(15)11-13;2*1-11-7-9-13(10-8-11)12-5-3-2-4-6-12;1-3-4-2;3*1-2/h5-17H,4H2,1-3H3;6-11H,5H2,1-4H3;2*2-10H,1H3;3-4H,1-2H2;3*1-2H3. The fourth-order valence-electron chi connectivity index (χ4n) is 9.91. The van der Waals surface area contributed by atoms with E-state index in [4.69, 9.17) is 0 Å². The van der Waals surface area contributed by atoms with Gasteiger partial charge in [0.25, 0.3) is 0 Å². The molecule has 0 fully saturated rings. The maximum atomic E-state index is 3.36. The van der Waals surface area contributed by atoms with E-state index in [1.807, 2.05) is 53.7 Å². The minimum atomic E-state index is 0.141. The van der Waals surface area contributed by atoms with Gasteiger partial charge in [-0.2, -0.15) is 0 Å². The molecule has 79 heavy (non-hydrogen) atoms. The first-order valence-electron chi connectivity index (χ1n) is 29.1. The van der Waals surface area contributed by atoms with Crippen LogP contribution in [0.1, 0.15) is 133 Å². The Bertz CT molecular complexity index is 3300. The van der Waals surface area contributed by atoms with Crippen LogP contribution in [0.4, 0.5) is 0 Å². The molecule has 0 radical (unpaired) electrons. The fraction of sp³-hybridized carbons (Fsp3) is 0.241. The molecular weight excluding hydrogens is 949 g/mol. The lowest BCUT2D eigenvalue weighted by Gasteiger charge is -2.22. The second kappa shape index (κ2) is 32.8. The largest absolute Gasteiger partial charge is 0.0991 e. The number of benzene rings is 10. The second-order valence-electron chi connectivity index (χ2n) is 19.8. The monoisotopic (exact) mass is 1040 g/mol. The average molecular weight is 1040 g/mol. The molecule has 408 valence electrons. The van der Waals surface area contributed by atoms with Crippen LogP contribution in [0.3, 0.4) is 0 Å². The van der Waals surface area contributed by atoms with Gasteiger partial charge in [-0.15, -0.1) is 0 Å². The van der Waals surface area contributed by atoms with Crippen LogP contribution < -0.4 is 0 Å². The lowest BCUT2D eigenvalue weighted by atomic mass is 9.81. The molecule has 10 aromatic rings. The van der Waals surface area contributed by atoms with Gasteiger partial charge in [-0.25, -0.2) is 0 Å². The van der Waals surface area contributed by atoms with Crippen LogP contribution in [-0.4, -0.2) is 0 Å². The summed E-state index contributed by atoms with van der Waals surface area (Å²) in [7, 11) is 0. The number of fused-ring (bicyclic) bond motifs is 6. The summed E-state index contributed by atoms with van der Waals surface area (Å²) in [6.45, 7) is 38.9. The van der Waals surface area contributed by atoms with Gasteiger partial charge in [0, 0.05) is 5.41 Å². The Morgan fingerprint density at radius 1 is 0.392 bits per heavy atom. The van der Waals surface area contributed by atoms with Gasteiger partial charge in [0.15, 0.2) is 0 Å². The summed E-state index contributed by atoms with van der Waals surface area (Å²) in [5.41, 5.74) is 22.1. The molecule has 0 aliphatic heterocycles. The lowest BCUT2D eigenvalue weighted by Crippen LogP contribution is -2.15. The van der Waals surface area contributed by atoms with E-state index in [1.54, 1.807) is 12.2 Å². The van der Waals surface area contributed by atoms with Crippen molar-refractivity contribution < 1.29 is 0 Å². The summed E-state index contributed by atoms with van der Waals surface area (Å²) in [4.78, 5) is 0. The van der Waals surface area contributed by atoms with Gasteiger partial charge in [0.05, 0.1) is 0 Å². The van der Waals surface area contributed by atoms with Crippen LogP contribution >= 0.6 is 0 Å². The van der Waals surface area contributed by atoms with Crippen molar-refractivity contribution in [3.05, 3.63) is 288 Å². The summed E-state index contributed by atoms with van der Waals surface area (Å²) in [5.74, 6) is 0.556. The molecule has 0 amide bonds. The number of rotatable bonds is 7. The van der Waals surface area contributed by atoms with Gasteiger partial charge in [0.2, 0.25) is 0 Å². The average Bonchev–Trinajstić information content (AvgIpc) is 3.83. The number of allylic oxidation sites excluding steroid dienone is 2. The lowest BCUT2D eigenvalue weighted by molar-refractivity contribution is 0.658. The van der Waals surface area contributed by atoms with Crippen molar-refractivity contribution in [2.75, 3.05) is 0 Å². The van der Waals surface area contributed by atoms with Gasteiger partial charge < -0.3 is 0 Å². The predicted molar refractivity (Wildman–Crippen MR) is 356 cm³/mol. The zero-order chi connectivity index (χ0) is 57.9. The Morgan fingerprint density at radius 3 is 1.24 bits per heavy atom. The van der Waals surface area contributed by atoms with Gasteiger partial charge in [-0.3, -0.25) is 0 Å². The normalized spacial score (nSPS) is 11.2. The van der Waals surface area contributed by atoms with E-state index in [2.05, 4.69) is 282 Å². The maximum Gasteiger partial charge on any atom is 0.0159 e. The fourth-order valence-corrected chi connectivity index (χ4v) is 9.91. The van der Waals surface area contributed by atoms with Crippen LogP contribution in [0, 0.1) is 27.7 Å². The highest BCUT2D eigenvalue weighted by Crippen LogP contribution is 2.49. The minimum absolute atomic E-state index is 0.141. The molecule has 1 aliphatic carbocycles. The van der Waals surface area contributed by atoms with Crippen LogP contribution in [-0.2, 0) is 11.8 Å². The Morgan fingerprint density at radius 2 is 0.772 bits per heavy atom. The number of hydrogen-bond acceptors (Lipinski definition) is 0. The van der Waals surface area contributed by atoms with Gasteiger partial charge >= 0.3 is 0 Å². The molecule has 1 atom stereocenters. The van der Waals surface area contributed by atoms with E-state index in [0.717, 1.165) is 12.8 Å². The molecule has 0 saturated heterocycles. The molecule has 1 unspecified atom stereocenters. The van der Waals surface area contributed by atoms with Crippen LogP contribution in [0.5, 0.6) is 0 Å². The topological polar surface area (TPSA) is 0 Å². The summed E-state index contributed by atoms with van der Waals surface area (Å²) >= 11 is 0. The summed E-state index contributed by atoms with van der Waals surface area (Å²) in [6.07, 6.45) is 5.54. The zero-order valence-corrected chi connectivity index (χ0v) is 50.8. The van der Waals surface area contributed by atoms with Crippen molar-refractivity contribution in [2.45, 2.75) is 128 Å². The van der Waals surface area contributed by atoms with Gasteiger partial charge in [-0.05, 0) is 140 Å². The molecule has 0 aromatic heterocycles. The van der Waals surface area contributed by atoms with Crippen LogP contribution in [0.2, 0.25) is 0 Å². The smallest absolute Gasteiger partial charge is 0.0159 e. The summed E-state index contributed by atoms with van der Waals surface area (Å²) in [5, 5.41) is 5.41. The third-order valence-corrected chi connectivity index (χ3v) is 14.4. The van der Waals surface area contributed by atoms with E-state index < -0.39 is 0 Å². The number of aryl methyl sites for hydroxylation is 5.